The molecule has 5 nitrogen and oxygen atoms in total. The van der Waals surface area contributed by atoms with E-state index in [0.717, 1.165) is 27.6 Å². The zero-order chi connectivity index (χ0) is 18.6. The first-order valence-electron chi connectivity index (χ1n) is 8.51. The number of hydrogen-bond donors (Lipinski definition) is 0. The maximum atomic E-state index is 11.1. The quantitative estimate of drug-likeness (QED) is 0.355. The summed E-state index contributed by atoms with van der Waals surface area (Å²) in [6.07, 6.45) is 1.72. The second kappa shape index (κ2) is 7.25. The summed E-state index contributed by atoms with van der Waals surface area (Å²) in [5, 5.41) is 12.0. The fourth-order valence-corrected chi connectivity index (χ4v) is 3.04. The van der Waals surface area contributed by atoms with Gasteiger partial charge in [0.2, 0.25) is 0 Å². The molecule has 3 aromatic carbocycles. The normalized spacial score (nSPS) is 10.7. The molecule has 0 spiro atoms. The van der Waals surface area contributed by atoms with E-state index < -0.39 is 0 Å². The fraction of sp³-hybridized carbons (Fsp3) is 0.0455. The standard InChI is InChI=1S/C22H16N2O3/c25-24(26)18-9-4-8-17(14-18)19-11-12-21(22-20(19)10-5-13-23-22)27-15-16-6-2-1-3-7-16/h1-14H,15H2. The van der Waals surface area contributed by atoms with E-state index in [0.29, 0.717) is 12.4 Å². The third-order valence-electron chi connectivity index (χ3n) is 4.34. The Hall–Kier alpha value is -3.73. The zero-order valence-electron chi connectivity index (χ0n) is 14.4. The van der Waals surface area contributed by atoms with Gasteiger partial charge in [0, 0.05) is 23.7 Å². The van der Waals surface area contributed by atoms with Crippen molar-refractivity contribution in [2.24, 2.45) is 0 Å². The van der Waals surface area contributed by atoms with Crippen molar-refractivity contribution in [1.82, 2.24) is 4.98 Å². The van der Waals surface area contributed by atoms with E-state index >= 15 is 0 Å². The van der Waals surface area contributed by atoms with Gasteiger partial charge in [-0.2, -0.15) is 0 Å². The molecular formula is C22H16N2O3. The van der Waals surface area contributed by atoms with Crippen LogP contribution in [0.15, 0.2) is 85.1 Å². The Morgan fingerprint density at radius 1 is 0.926 bits per heavy atom. The number of nitro groups is 1. The number of pyridine rings is 1. The van der Waals surface area contributed by atoms with E-state index in [2.05, 4.69) is 4.98 Å². The minimum absolute atomic E-state index is 0.0638. The molecule has 0 atom stereocenters. The SMILES string of the molecule is O=[N+]([O-])c1cccc(-c2ccc(OCc3ccccc3)c3ncccc23)c1. The highest BCUT2D eigenvalue weighted by Gasteiger charge is 2.12. The third-order valence-corrected chi connectivity index (χ3v) is 4.34. The van der Waals surface area contributed by atoms with Crippen LogP contribution < -0.4 is 4.74 Å². The van der Waals surface area contributed by atoms with Crippen LogP contribution in [0.25, 0.3) is 22.0 Å². The smallest absolute Gasteiger partial charge is 0.270 e. The highest BCUT2D eigenvalue weighted by atomic mass is 16.6. The summed E-state index contributed by atoms with van der Waals surface area (Å²) in [6, 6.07) is 24.1. The molecule has 27 heavy (non-hydrogen) atoms. The molecule has 0 N–H and O–H groups in total. The van der Waals surface area contributed by atoms with Gasteiger partial charge in [0.15, 0.2) is 0 Å². The number of hydrogen-bond acceptors (Lipinski definition) is 4. The molecule has 0 aliphatic heterocycles. The van der Waals surface area contributed by atoms with Gasteiger partial charge >= 0.3 is 0 Å². The van der Waals surface area contributed by atoms with E-state index in [1.165, 1.54) is 6.07 Å². The van der Waals surface area contributed by atoms with Crippen molar-refractivity contribution in [2.45, 2.75) is 6.61 Å². The molecule has 0 bridgehead atoms. The van der Waals surface area contributed by atoms with Gasteiger partial charge in [0.25, 0.3) is 5.69 Å². The van der Waals surface area contributed by atoms with Crippen LogP contribution in [-0.4, -0.2) is 9.91 Å². The van der Waals surface area contributed by atoms with E-state index in [9.17, 15) is 10.1 Å². The number of non-ortho nitro benzene ring substituents is 1. The zero-order valence-corrected chi connectivity index (χ0v) is 14.4. The summed E-state index contributed by atoms with van der Waals surface area (Å²) in [4.78, 5) is 15.2. The first kappa shape index (κ1) is 16.7. The molecule has 4 rings (SSSR count). The lowest BCUT2D eigenvalue weighted by molar-refractivity contribution is -0.384. The largest absolute Gasteiger partial charge is 0.487 e. The minimum atomic E-state index is -0.388. The van der Waals surface area contributed by atoms with Gasteiger partial charge in [-0.25, -0.2) is 0 Å². The van der Waals surface area contributed by atoms with Gasteiger partial charge in [-0.05, 0) is 34.9 Å². The summed E-state index contributed by atoms with van der Waals surface area (Å²) in [5.74, 6) is 0.684. The van der Waals surface area contributed by atoms with Gasteiger partial charge in [0.1, 0.15) is 17.9 Å². The Labute approximate surface area is 156 Å². The minimum Gasteiger partial charge on any atom is -0.487 e. The number of benzene rings is 3. The molecule has 0 aliphatic carbocycles. The van der Waals surface area contributed by atoms with E-state index in [-0.39, 0.29) is 10.6 Å². The average Bonchev–Trinajstić information content (AvgIpc) is 2.73. The van der Waals surface area contributed by atoms with Crippen LogP contribution in [0, 0.1) is 10.1 Å². The molecule has 0 saturated heterocycles. The molecule has 5 heteroatoms. The lowest BCUT2D eigenvalue weighted by atomic mass is 10.00. The number of ether oxygens (including phenoxy) is 1. The van der Waals surface area contributed by atoms with Gasteiger partial charge in [0.05, 0.1) is 4.92 Å². The molecule has 132 valence electrons. The summed E-state index contributed by atoms with van der Waals surface area (Å²) < 4.78 is 5.99. The topological polar surface area (TPSA) is 65.3 Å². The monoisotopic (exact) mass is 356 g/mol. The van der Waals surface area contributed by atoms with Gasteiger partial charge in [-0.15, -0.1) is 0 Å². The van der Waals surface area contributed by atoms with Crippen molar-refractivity contribution < 1.29 is 9.66 Å². The van der Waals surface area contributed by atoms with Crippen molar-refractivity contribution in [3.05, 3.63) is 101 Å². The molecule has 4 aromatic rings. The van der Waals surface area contributed by atoms with Crippen molar-refractivity contribution in [2.75, 3.05) is 0 Å². The molecule has 1 aromatic heterocycles. The van der Waals surface area contributed by atoms with Crippen LogP contribution >= 0.6 is 0 Å². The lowest BCUT2D eigenvalue weighted by Crippen LogP contribution is -1.97. The predicted octanol–water partition coefficient (Wildman–Crippen LogP) is 5.39. The second-order valence-corrected chi connectivity index (χ2v) is 6.09. The molecule has 0 radical (unpaired) electrons. The van der Waals surface area contributed by atoms with Gasteiger partial charge < -0.3 is 4.74 Å². The van der Waals surface area contributed by atoms with Gasteiger partial charge in [-0.1, -0.05) is 48.5 Å². The maximum absolute atomic E-state index is 11.1. The van der Waals surface area contributed by atoms with E-state index in [4.69, 9.17) is 4.74 Å². The lowest BCUT2D eigenvalue weighted by Gasteiger charge is -2.12. The Morgan fingerprint density at radius 2 is 1.78 bits per heavy atom. The summed E-state index contributed by atoms with van der Waals surface area (Å²) in [5.41, 5.74) is 3.53. The van der Waals surface area contributed by atoms with Crippen molar-refractivity contribution >= 4 is 16.6 Å². The summed E-state index contributed by atoms with van der Waals surface area (Å²) >= 11 is 0. The van der Waals surface area contributed by atoms with Crippen molar-refractivity contribution in [3.63, 3.8) is 0 Å². The van der Waals surface area contributed by atoms with Crippen LogP contribution in [-0.2, 0) is 6.61 Å². The molecule has 0 fully saturated rings. The Kier molecular flexibility index (Phi) is 4.49. The highest BCUT2D eigenvalue weighted by Crippen LogP contribution is 2.34. The van der Waals surface area contributed by atoms with Crippen LogP contribution in [0.4, 0.5) is 5.69 Å². The molecule has 1 heterocycles. The average molecular weight is 356 g/mol. The molecule has 0 saturated carbocycles. The summed E-state index contributed by atoms with van der Waals surface area (Å²) in [6.45, 7) is 0.447. The highest BCUT2D eigenvalue weighted by molar-refractivity contribution is 5.98. The number of aromatic nitrogens is 1. The molecule has 0 amide bonds. The fourth-order valence-electron chi connectivity index (χ4n) is 3.04. The Balaban J connectivity index is 1.74. The number of rotatable bonds is 5. The van der Waals surface area contributed by atoms with Crippen molar-refractivity contribution in [3.8, 4) is 16.9 Å². The predicted molar refractivity (Wildman–Crippen MR) is 105 cm³/mol. The van der Waals surface area contributed by atoms with Crippen LogP contribution in [0.3, 0.4) is 0 Å². The van der Waals surface area contributed by atoms with Gasteiger partial charge in [-0.3, -0.25) is 15.1 Å². The van der Waals surface area contributed by atoms with Crippen LogP contribution in [0.2, 0.25) is 0 Å². The third kappa shape index (κ3) is 3.48. The first-order valence-corrected chi connectivity index (χ1v) is 8.51. The number of nitro benzene ring substituents is 1. The molecule has 0 unspecified atom stereocenters. The van der Waals surface area contributed by atoms with Crippen LogP contribution in [0.5, 0.6) is 5.75 Å². The first-order chi connectivity index (χ1) is 13.2. The van der Waals surface area contributed by atoms with Crippen LogP contribution in [0.1, 0.15) is 5.56 Å². The number of nitrogens with zero attached hydrogens (tertiary/aromatic N) is 2. The molecule has 0 aliphatic rings. The molecular weight excluding hydrogens is 340 g/mol. The Bertz CT molecular complexity index is 1110. The number of fused-ring (bicyclic) bond motifs is 1. The maximum Gasteiger partial charge on any atom is 0.270 e. The van der Waals surface area contributed by atoms with E-state index in [1.807, 2.05) is 60.7 Å². The Morgan fingerprint density at radius 3 is 2.59 bits per heavy atom. The van der Waals surface area contributed by atoms with E-state index in [1.54, 1.807) is 18.3 Å². The summed E-state index contributed by atoms with van der Waals surface area (Å²) in [7, 11) is 0. The second-order valence-electron chi connectivity index (χ2n) is 6.09. The van der Waals surface area contributed by atoms with Crippen molar-refractivity contribution in [1.29, 1.82) is 0 Å².